The molecule has 0 bridgehead atoms. The van der Waals surface area contributed by atoms with Crippen molar-refractivity contribution >= 4 is 5.78 Å². The molecule has 0 unspecified atom stereocenters. The fraction of sp³-hybridized carbons (Fsp3) is 0.471. The number of ketones is 1. The zero-order valence-electron chi connectivity index (χ0n) is 11.7. The first-order valence-corrected chi connectivity index (χ1v) is 7.04. The molecule has 0 amide bonds. The Kier molecular flexibility index (Phi) is 2.96. The summed E-state index contributed by atoms with van der Waals surface area (Å²) in [5, 5.41) is 0. The van der Waals surface area contributed by atoms with E-state index in [0.717, 1.165) is 23.3 Å². The average Bonchev–Trinajstić information content (AvgIpc) is 2.33. The van der Waals surface area contributed by atoms with Crippen molar-refractivity contribution in [1.82, 2.24) is 0 Å². The first-order chi connectivity index (χ1) is 9.05. The molecule has 1 aromatic rings. The van der Waals surface area contributed by atoms with Crippen LogP contribution in [0.3, 0.4) is 0 Å². The number of allylic oxidation sites excluding steroid dienone is 1. The molecular weight excluding hydrogens is 236 g/mol. The summed E-state index contributed by atoms with van der Waals surface area (Å²) in [5.41, 5.74) is 3.58. The van der Waals surface area contributed by atoms with Crippen molar-refractivity contribution in [2.75, 3.05) is 6.61 Å². The number of Topliss-reactive ketones (excluding diaryl/α,β-unsaturated/α-hetero) is 1. The summed E-state index contributed by atoms with van der Waals surface area (Å²) in [4.78, 5) is 11.6. The van der Waals surface area contributed by atoms with Gasteiger partial charge in [0.15, 0.2) is 5.78 Å². The van der Waals surface area contributed by atoms with Crippen molar-refractivity contribution < 1.29 is 9.53 Å². The summed E-state index contributed by atoms with van der Waals surface area (Å²) in [6.45, 7) is 5.16. The summed E-state index contributed by atoms with van der Waals surface area (Å²) < 4.78 is 5.88. The van der Waals surface area contributed by atoms with Gasteiger partial charge in [0.05, 0.1) is 5.56 Å². The van der Waals surface area contributed by atoms with Crippen LogP contribution in [0.5, 0.6) is 5.75 Å². The van der Waals surface area contributed by atoms with Gasteiger partial charge in [-0.25, -0.2) is 0 Å². The van der Waals surface area contributed by atoms with E-state index in [-0.39, 0.29) is 11.2 Å². The highest BCUT2D eigenvalue weighted by molar-refractivity contribution is 6.08. The maximum Gasteiger partial charge on any atom is 0.171 e. The van der Waals surface area contributed by atoms with Crippen molar-refractivity contribution in [2.45, 2.75) is 39.5 Å². The number of rotatable bonds is 3. The third kappa shape index (κ3) is 2.44. The number of ether oxygens (including phenoxy) is 1. The highest BCUT2D eigenvalue weighted by Crippen LogP contribution is 2.35. The van der Waals surface area contributed by atoms with Gasteiger partial charge in [-0.3, -0.25) is 4.79 Å². The molecule has 0 spiro atoms. The van der Waals surface area contributed by atoms with Crippen LogP contribution in [-0.2, 0) is 6.42 Å². The normalized spacial score (nSPS) is 20.3. The minimum atomic E-state index is 0.212. The van der Waals surface area contributed by atoms with Crippen molar-refractivity contribution in [3.63, 3.8) is 0 Å². The van der Waals surface area contributed by atoms with E-state index in [9.17, 15) is 4.79 Å². The first-order valence-electron chi connectivity index (χ1n) is 7.04. The lowest BCUT2D eigenvalue weighted by molar-refractivity contribution is 0.0963. The Hall–Kier alpha value is -1.57. The molecule has 0 saturated carbocycles. The predicted molar refractivity (Wildman–Crippen MR) is 75.7 cm³/mol. The lowest BCUT2D eigenvalue weighted by atomic mass is 9.80. The molecule has 2 nitrogen and oxygen atoms in total. The maximum atomic E-state index is 11.6. The Morgan fingerprint density at radius 3 is 2.89 bits per heavy atom. The molecule has 0 heterocycles. The Morgan fingerprint density at radius 1 is 1.32 bits per heavy atom. The fourth-order valence-electron chi connectivity index (χ4n) is 3.07. The van der Waals surface area contributed by atoms with Crippen LogP contribution in [0.2, 0.25) is 0 Å². The van der Waals surface area contributed by atoms with E-state index < -0.39 is 0 Å². The minimum absolute atomic E-state index is 0.212. The van der Waals surface area contributed by atoms with E-state index >= 15 is 0 Å². The molecular formula is C17H20O2. The van der Waals surface area contributed by atoms with Gasteiger partial charge in [0, 0.05) is 6.42 Å². The lowest BCUT2D eigenvalue weighted by Crippen LogP contribution is -2.21. The number of hydrogen-bond donors (Lipinski definition) is 0. The number of fused-ring (bicyclic) bond motifs is 1. The minimum Gasteiger partial charge on any atom is -0.488 e. The third-order valence-electron chi connectivity index (χ3n) is 4.07. The lowest BCUT2D eigenvalue weighted by Gasteiger charge is -2.28. The summed E-state index contributed by atoms with van der Waals surface area (Å²) in [7, 11) is 0. The Bertz CT molecular complexity index is 552. The van der Waals surface area contributed by atoms with Gasteiger partial charge < -0.3 is 4.74 Å². The van der Waals surface area contributed by atoms with E-state index in [0.29, 0.717) is 13.0 Å². The van der Waals surface area contributed by atoms with E-state index in [4.69, 9.17) is 4.74 Å². The van der Waals surface area contributed by atoms with Gasteiger partial charge in [-0.1, -0.05) is 32.1 Å². The molecule has 100 valence electrons. The molecule has 0 atom stereocenters. The predicted octanol–water partition coefficient (Wildman–Crippen LogP) is 3.94. The SMILES string of the molecule is CC1(C)C=C(COc2cccc3c2C(=O)C3)CCC1. The van der Waals surface area contributed by atoms with E-state index in [1.165, 1.54) is 18.4 Å². The van der Waals surface area contributed by atoms with Crippen LogP contribution in [-0.4, -0.2) is 12.4 Å². The largest absolute Gasteiger partial charge is 0.488 e. The van der Waals surface area contributed by atoms with Crippen LogP contribution < -0.4 is 4.74 Å². The quantitative estimate of drug-likeness (QED) is 0.766. The van der Waals surface area contributed by atoms with Gasteiger partial charge in [0.1, 0.15) is 12.4 Å². The average molecular weight is 256 g/mol. The first kappa shape index (κ1) is 12.5. The smallest absolute Gasteiger partial charge is 0.171 e. The molecule has 0 aliphatic heterocycles. The fourth-order valence-corrected chi connectivity index (χ4v) is 3.07. The highest BCUT2D eigenvalue weighted by Gasteiger charge is 2.27. The third-order valence-corrected chi connectivity index (χ3v) is 4.07. The van der Waals surface area contributed by atoms with Gasteiger partial charge in [-0.15, -0.1) is 0 Å². The van der Waals surface area contributed by atoms with E-state index in [2.05, 4.69) is 19.9 Å². The summed E-state index contributed by atoms with van der Waals surface area (Å²) in [6.07, 6.45) is 6.51. The molecule has 2 aliphatic rings. The summed E-state index contributed by atoms with van der Waals surface area (Å²) in [5.74, 6) is 0.974. The Labute approximate surface area is 114 Å². The molecule has 2 aliphatic carbocycles. The van der Waals surface area contributed by atoms with Crippen molar-refractivity contribution in [3.8, 4) is 5.75 Å². The number of carbonyl (C=O) groups is 1. The summed E-state index contributed by atoms with van der Waals surface area (Å²) in [6, 6.07) is 5.89. The van der Waals surface area contributed by atoms with Gasteiger partial charge >= 0.3 is 0 Å². The molecule has 2 heteroatoms. The van der Waals surface area contributed by atoms with Crippen molar-refractivity contribution in [3.05, 3.63) is 41.0 Å². The summed E-state index contributed by atoms with van der Waals surface area (Å²) >= 11 is 0. The molecule has 0 radical (unpaired) electrons. The van der Waals surface area contributed by atoms with Gasteiger partial charge in [0.25, 0.3) is 0 Å². The van der Waals surface area contributed by atoms with Crippen LogP contribution in [0.4, 0.5) is 0 Å². The highest BCUT2D eigenvalue weighted by atomic mass is 16.5. The molecule has 19 heavy (non-hydrogen) atoms. The zero-order valence-corrected chi connectivity index (χ0v) is 11.7. The van der Waals surface area contributed by atoms with Crippen LogP contribution >= 0.6 is 0 Å². The van der Waals surface area contributed by atoms with Gasteiger partial charge in [-0.2, -0.15) is 0 Å². The van der Waals surface area contributed by atoms with Crippen LogP contribution in [0, 0.1) is 5.41 Å². The number of carbonyl (C=O) groups excluding carboxylic acids is 1. The number of hydrogen-bond acceptors (Lipinski definition) is 2. The standard InChI is InChI=1S/C17H20O2/c1-17(2)8-4-5-12(10-17)11-19-15-7-3-6-13-9-14(18)16(13)15/h3,6-7,10H,4-5,8-9,11H2,1-2H3. The van der Waals surface area contributed by atoms with Gasteiger partial charge in [0.2, 0.25) is 0 Å². The zero-order chi connectivity index (χ0) is 13.5. The molecule has 0 N–H and O–H groups in total. The second-order valence-electron chi connectivity index (χ2n) is 6.32. The van der Waals surface area contributed by atoms with Crippen molar-refractivity contribution in [1.29, 1.82) is 0 Å². The van der Waals surface area contributed by atoms with Crippen LogP contribution in [0.1, 0.15) is 49.0 Å². The monoisotopic (exact) mass is 256 g/mol. The Morgan fingerprint density at radius 2 is 2.16 bits per heavy atom. The molecule has 3 rings (SSSR count). The second-order valence-corrected chi connectivity index (χ2v) is 6.32. The number of benzene rings is 1. The maximum absolute atomic E-state index is 11.6. The van der Waals surface area contributed by atoms with Crippen LogP contribution in [0.15, 0.2) is 29.8 Å². The van der Waals surface area contributed by atoms with E-state index in [1.54, 1.807) is 0 Å². The van der Waals surface area contributed by atoms with E-state index in [1.807, 2.05) is 18.2 Å². The Balaban J connectivity index is 1.72. The molecule has 1 aromatic carbocycles. The molecule has 0 aromatic heterocycles. The van der Waals surface area contributed by atoms with Crippen LogP contribution in [0.25, 0.3) is 0 Å². The van der Waals surface area contributed by atoms with Crippen molar-refractivity contribution in [2.24, 2.45) is 5.41 Å². The van der Waals surface area contributed by atoms with Gasteiger partial charge in [-0.05, 0) is 41.9 Å². The molecule has 0 saturated heterocycles. The topological polar surface area (TPSA) is 26.3 Å². The second kappa shape index (κ2) is 4.52. The molecule has 0 fully saturated rings.